The van der Waals surface area contributed by atoms with Gasteiger partial charge in [-0.05, 0) is 25.8 Å². The SMILES string of the molecule is CC(=CC1COC2(CCCCC2)O1)C(=O)O. The molecule has 1 spiro atoms. The zero-order chi connectivity index (χ0) is 11.6. The zero-order valence-electron chi connectivity index (χ0n) is 9.57. The molecule has 1 atom stereocenters. The Labute approximate surface area is 95.2 Å². The van der Waals surface area contributed by atoms with Gasteiger partial charge in [0.05, 0.1) is 6.61 Å². The molecule has 0 radical (unpaired) electrons. The lowest BCUT2D eigenvalue weighted by molar-refractivity contribution is -0.183. The van der Waals surface area contributed by atoms with Crippen molar-refractivity contribution in [1.29, 1.82) is 0 Å². The summed E-state index contributed by atoms with van der Waals surface area (Å²) in [5, 5.41) is 8.78. The standard InChI is InChI=1S/C12H18O4/c1-9(11(13)14)7-10-8-15-12(16-10)5-3-2-4-6-12/h7,10H,2-6,8H2,1H3,(H,13,14). The molecule has 2 rings (SSSR count). The van der Waals surface area contributed by atoms with Crippen molar-refractivity contribution in [2.24, 2.45) is 0 Å². The zero-order valence-corrected chi connectivity index (χ0v) is 9.57. The van der Waals surface area contributed by atoms with E-state index in [1.807, 2.05) is 0 Å². The Kier molecular flexibility index (Phi) is 3.30. The lowest BCUT2D eigenvalue weighted by Gasteiger charge is -2.31. The van der Waals surface area contributed by atoms with Crippen molar-refractivity contribution in [1.82, 2.24) is 0 Å². The van der Waals surface area contributed by atoms with Crippen LogP contribution in [0.4, 0.5) is 0 Å². The largest absolute Gasteiger partial charge is 0.478 e. The molecule has 0 aromatic rings. The van der Waals surface area contributed by atoms with E-state index in [2.05, 4.69) is 0 Å². The Balaban J connectivity index is 1.97. The van der Waals surface area contributed by atoms with Crippen LogP contribution >= 0.6 is 0 Å². The van der Waals surface area contributed by atoms with E-state index in [4.69, 9.17) is 14.6 Å². The molecule has 0 aromatic heterocycles. The van der Waals surface area contributed by atoms with Gasteiger partial charge < -0.3 is 14.6 Å². The predicted molar refractivity (Wildman–Crippen MR) is 58.0 cm³/mol. The van der Waals surface area contributed by atoms with Crippen LogP contribution in [0.5, 0.6) is 0 Å². The molecule has 1 saturated heterocycles. The van der Waals surface area contributed by atoms with Gasteiger partial charge >= 0.3 is 5.97 Å². The quantitative estimate of drug-likeness (QED) is 0.732. The topological polar surface area (TPSA) is 55.8 Å². The van der Waals surface area contributed by atoms with Crippen molar-refractivity contribution < 1.29 is 19.4 Å². The van der Waals surface area contributed by atoms with Crippen LogP contribution in [0.25, 0.3) is 0 Å². The minimum Gasteiger partial charge on any atom is -0.478 e. The molecular formula is C12H18O4. The number of carbonyl (C=O) groups is 1. The first kappa shape index (κ1) is 11.6. The number of hydrogen-bond donors (Lipinski definition) is 1. The molecule has 0 aromatic carbocycles. The number of carboxylic acid groups (broad SMARTS) is 1. The molecule has 0 bridgehead atoms. The van der Waals surface area contributed by atoms with Crippen LogP contribution < -0.4 is 0 Å². The highest BCUT2D eigenvalue weighted by molar-refractivity contribution is 5.85. The first-order chi connectivity index (χ1) is 7.61. The second kappa shape index (κ2) is 4.55. The van der Waals surface area contributed by atoms with E-state index in [-0.39, 0.29) is 6.10 Å². The fourth-order valence-corrected chi connectivity index (χ4v) is 2.36. The Morgan fingerprint density at radius 1 is 1.38 bits per heavy atom. The van der Waals surface area contributed by atoms with Crippen molar-refractivity contribution in [3.8, 4) is 0 Å². The molecule has 0 amide bonds. The summed E-state index contributed by atoms with van der Waals surface area (Å²) in [6.07, 6.45) is 6.82. The molecule has 90 valence electrons. The van der Waals surface area contributed by atoms with Crippen molar-refractivity contribution in [2.45, 2.75) is 50.9 Å². The molecule has 1 unspecified atom stereocenters. The lowest BCUT2D eigenvalue weighted by Crippen LogP contribution is -2.33. The second-order valence-corrected chi connectivity index (χ2v) is 4.59. The van der Waals surface area contributed by atoms with Crippen LogP contribution in [0, 0.1) is 0 Å². The number of hydrogen-bond acceptors (Lipinski definition) is 3. The van der Waals surface area contributed by atoms with E-state index in [0.29, 0.717) is 12.2 Å². The molecule has 2 aliphatic rings. The summed E-state index contributed by atoms with van der Waals surface area (Å²) in [4.78, 5) is 10.7. The maximum absolute atomic E-state index is 10.7. The minimum atomic E-state index is -0.895. The molecule has 1 heterocycles. The van der Waals surface area contributed by atoms with Gasteiger partial charge in [-0.25, -0.2) is 4.79 Å². The normalized spacial score (nSPS) is 29.6. The fourth-order valence-electron chi connectivity index (χ4n) is 2.36. The van der Waals surface area contributed by atoms with Crippen molar-refractivity contribution in [3.63, 3.8) is 0 Å². The summed E-state index contributed by atoms with van der Waals surface area (Å²) in [5.74, 6) is -1.31. The highest BCUT2D eigenvalue weighted by atomic mass is 16.7. The van der Waals surface area contributed by atoms with Gasteiger partial charge in [0.2, 0.25) is 0 Å². The Bertz CT molecular complexity index is 302. The van der Waals surface area contributed by atoms with E-state index in [1.54, 1.807) is 13.0 Å². The molecule has 1 N–H and O–H groups in total. The third-order valence-corrected chi connectivity index (χ3v) is 3.27. The monoisotopic (exact) mass is 226 g/mol. The highest BCUT2D eigenvalue weighted by Gasteiger charge is 2.41. The molecule has 16 heavy (non-hydrogen) atoms. The van der Waals surface area contributed by atoms with Crippen molar-refractivity contribution >= 4 is 5.97 Å². The van der Waals surface area contributed by atoms with Gasteiger partial charge in [0, 0.05) is 18.4 Å². The fraction of sp³-hybridized carbons (Fsp3) is 0.750. The average molecular weight is 226 g/mol. The number of aliphatic carboxylic acids is 1. The maximum atomic E-state index is 10.7. The first-order valence-electron chi connectivity index (χ1n) is 5.85. The van der Waals surface area contributed by atoms with Gasteiger partial charge in [-0.15, -0.1) is 0 Å². The van der Waals surface area contributed by atoms with Crippen LogP contribution in [-0.4, -0.2) is 29.6 Å². The van der Waals surface area contributed by atoms with Crippen LogP contribution in [0.15, 0.2) is 11.6 Å². The highest BCUT2D eigenvalue weighted by Crippen LogP contribution is 2.38. The first-order valence-corrected chi connectivity index (χ1v) is 5.85. The Morgan fingerprint density at radius 3 is 2.69 bits per heavy atom. The van der Waals surface area contributed by atoms with Crippen LogP contribution in [0.3, 0.4) is 0 Å². The second-order valence-electron chi connectivity index (χ2n) is 4.59. The van der Waals surface area contributed by atoms with Crippen LogP contribution in [0.2, 0.25) is 0 Å². The summed E-state index contributed by atoms with van der Waals surface area (Å²) in [6, 6.07) is 0. The minimum absolute atomic E-state index is 0.200. The van der Waals surface area contributed by atoms with Crippen LogP contribution in [-0.2, 0) is 14.3 Å². The van der Waals surface area contributed by atoms with Gasteiger partial charge in [0.15, 0.2) is 5.79 Å². The van der Waals surface area contributed by atoms with Gasteiger partial charge in [0.25, 0.3) is 0 Å². The third kappa shape index (κ3) is 2.44. The van der Waals surface area contributed by atoms with Crippen LogP contribution in [0.1, 0.15) is 39.0 Å². The number of carboxylic acids is 1. The third-order valence-electron chi connectivity index (χ3n) is 3.27. The maximum Gasteiger partial charge on any atom is 0.331 e. The van der Waals surface area contributed by atoms with Gasteiger partial charge in [-0.1, -0.05) is 6.42 Å². The van der Waals surface area contributed by atoms with Gasteiger partial charge in [-0.2, -0.15) is 0 Å². The van der Waals surface area contributed by atoms with E-state index in [1.165, 1.54) is 6.42 Å². The van der Waals surface area contributed by atoms with Crippen molar-refractivity contribution in [2.75, 3.05) is 6.61 Å². The lowest BCUT2D eigenvalue weighted by atomic mass is 9.94. The van der Waals surface area contributed by atoms with E-state index < -0.39 is 11.8 Å². The summed E-state index contributed by atoms with van der Waals surface area (Å²) >= 11 is 0. The Morgan fingerprint density at radius 2 is 2.06 bits per heavy atom. The van der Waals surface area contributed by atoms with Crippen molar-refractivity contribution in [3.05, 3.63) is 11.6 Å². The summed E-state index contributed by atoms with van der Waals surface area (Å²) in [6.45, 7) is 2.06. The molecule has 1 aliphatic carbocycles. The average Bonchev–Trinajstić information content (AvgIpc) is 2.62. The molecule has 2 fully saturated rings. The summed E-state index contributed by atoms with van der Waals surface area (Å²) in [7, 11) is 0. The molecule has 4 heteroatoms. The van der Waals surface area contributed by atoms with E-state index in [0.717, 1.165) is 25.7 Å². The number of ether oxygens (including phenoxy) is 2. The molecule has 4 nitrogen and oxygen atoms in total. The predicted octanol–water partition coefficient (Wildman–Crippen LogP) is 2.09. The number of rotatable bonds is 2. The van der Waals surface area contributed by atoms with Gasteiger partial charge in [-0.3, -0.25) is 0 Å². The molecule has 1 saturated carbocycles. The summed E-state index contributed by atoms with van der Waals surface area (Å²) < 4.78 is 11.6. The Hall–Kier alpha value is -0.870. The molecule has 1 aliphatic heterocycles. The van der Waals surface area contributed by atoms with E-state index in [9.17, 15) is 4.79 Å². The van der Waals surface area contributed by atoms with E-state index >= 15 is 0 Å². The summed E-state index contributed by atoms with van der Waals surface area (Å²) in [5.41, 5.74) is 0.321. The molecular weight excluding hydrogens is 208 g/mol. The smallest absolute Gasteiger partial charge is 0.331 e. The van der Waals surface area contributed by atoms with Gasteiger partial charge in [0.1, 0.15) is 6.10 Å².